The minimum absolute atomic E-state index is 0.747. The summed E-state index contributed by atoms with van der Waals surface area (Å²) in [6.45, 7) is 9.57. The largest absolute Gasteiger partial charge is 0.356 e. The van der Waals surface area contributed by atoms with Gasteiger partial charge in [-0.1, -0.05) is 13.3 Å². The van der Waals surface area contributed by atoms with Gasteiger partial charge >= 0.3 is 0 Å². The molecule has 0 bridgehead atoms. The molecule has 0 aromatic carbocycles. The van der Waals surface area contributed by atoms with E-state index in [4.69, 9.17) is 0 Å². The first-order chi connectivity index (χ1) is 8.74. The first-order valence-electron chi connectivity index (χ1n) is 7.07. The van der Waals surface area contributed by atoms with Crippen LogP contribution in [0, 0.1) is 12.8 Å². The van der Waals surface area contributed by atoms with Gasteiger partial charge in [-0.15, -0.1) is 0 Å². The Balaban J connectivity index is 2.10. The Morgan fingerprint density at radius 2 is 2.28 bits per heavy atom. The zero-order valence-electron chi connectivity index (χ0n) is 11.7. The number of anilines is 2. The summed E-state index contributed by atoms with van der Waals surface area (Å²) in [5.41, 5.74) is 1.17. The topological polar surface area (TPSA) is 41.1 Å². The normalized spacial score (nSPS) is 19.3. The van der Waals surface area contributed by atoms with Crippen molar-refractivity contribution in [2.45, 2.75) is 40.0 Å². The summed E-state index contributed by atoms with van der Waals surface area (Å²) in [4.78, 5) is 11.4. The molecule has 4 nitrogen and oxygen atoms in total. The highest BCUT2D eigenvalue weighted by Gasteiger charge is 2.24. The average Bonchev–Trinajstić information content (AvgIpc) is 2.81. The smallest absolute Gasteiger partial charge is 0.224 e. The zero-order chi connectivity index (χ0) is 13.0. The van der Waals surface area contributed by atoms with E-state index in [1.807, 2.05) is 6.20 Å². The number of hydrogen-bond acceptors (Lipinski definition) is 4. The molecule has 1 aliphatic heterocycles. The third kappa shape index (κ3) is 2.92. The molecule has 0 saturated carbocycles. The molecule has 1 N–H and O–H groups in total. The minimum atomic E-state index is 0.747. The van der Waals surface area contributed by atoms with Crippen molar-refractivity contribution in [3.8, 4) is 0 Å². The molecule has 1 unspecified atom stereocenters. The Bertz CT molecular complexity index is 391. The first kappa shape index (κ1) is 13.1. The van der Waals surface area contributed by atoms with Crippen LogP contribution in [0.1, 0.15) is 38.7 Å². The highest BCUT2D eigenvalue weighted by molar-refractivity contribution is 5.49. The van der Waals surface area contributed by atoms with Crippen molar-refractivity contribution in [1.29, 1.82) is 0 Å². The standard InChI is InChI=1S/C14H24N4/c1-4-6-12-7-8-18(10-12)13-11(3)9-16-14(17-13)15-5-2/h9,12H,4-8,10H2,1-3H3,(H,15,16,17). The monoisotopic (exact) mass is 248 g/mol. The molecular formula is C14H24N4. The molecule has 1 fully saturated rings. The van der Waals surface area contributed by atoms with Gasteiger partial charge in [0.05, 0.1) is 0 Å². The van der Waals surface area contributed by atoms with Crippen LogP contribution < -0.4 is 10.2 Å². The lowest BCUT2D eigenvalue weighted by Gasteiger charge is -2.20. The third-order valence-electron chi connectivity index (χ3n) is 3.56. The van der Waals surface area contributed by atoms with Crippen LogP contribution in [0.15, 0.2) is 6.20 Å². The molecule has 100 valence electrons. The van der Waals surface area contributed by atoms with E-state index in [0.29, 0.717) is 0 Å². The van der Waals surface area contributed by atoms with Crippen LogP contribution in [0.5, 0.6) is 0 Å². The third-order valence-corrected chi connectivity index (χ3v) is 3.56. The van der Waals surface area contributed by atoms with Crippen LogP contribution in [0.25, 0.3) is 0 Å². The molecule has 0 spiro atoms. The molecular weight excluding hydrogens is 224 g/mol. The number of rotatable bonds is 5. The fraction of sp³-hybridized carbons (Fsp3) is 0.714. The lowest BCUT2D eigenvalue weighted by Crippen LogP contribution is -2.22. The van der Waals surface area contributed by atoms with Gasteiger partial charge in [0.1, 0.15) is 5.82 Å². The van der Waals surface area contributed by atoms with Crippen LogP contribution in [0.4, 0.5) is 11.8 Å². The average molecular weight is 248 g/mol. The van der Waals surface area contributed by atoms with Crippen LogP contribution in [0.2, 0.25) is 0 Å². The molecule has 4 heteroatoms. The van der Waals surface area contributed by atoms with E-state index in [-0.39, 0.29) is 0 Å². The van der Waals surface area contributed by atoms with E-state index in [1.165, 1.54) is 24.8 Å². The van der Waals surface area contributed by atoms with Crippen molar-refractivity contribution in [2.24, 2.45) is 5.92 Å². The van der Waals surface area contributed by atoms with Crippen molar-refractivity contribution >= 4 is 11.8 Å². The van der Waals surface area contributed by atoms with Gasteiger partial charge in [0.25, 0.3) is 0 Å². The van der Waals surface area contributed by atoms with Crippen molar-refractivity contribution < 1.29 is 0 Å². The Morgan fingerprint density at radius 1 is 1.44 bits per heavy atom. The number of aromatic nitrogens is 2. The van der Waals surface area contributed by atoms with Gasteiger partial charge in [0.2, 0.25) is 5.95 Å². The second-order valence-electron chi connectivity index (χ2n) is 5.12. The maximum Gasteiger partial charge on any atom is 0.224 e. The summed E-state index contributed by atoms with van der Waals surface area (Å²) in [7, 11) is 0. The second-order valence-corrected chi connectivity index (χ2v) is 5.12. The second kappa shape index (κ2) is 6.03. The van der Waals surface area contributed by atoms with Gasteiger partial charge in [0.15, 0.2) is 0 Å². The van der Waals surface area contributed by atoms with Crippen molar-refractivity contribution in [3.63, 3.8) is 0 Å². The Morgan fingerprint density at radius 3 is 3.00 bits per heavy atom. The number of nitrogens with one attached hydrogen (secondary N) is 1. The molecule has 0 radical (unpaired) electrons. The fourth-order valence-electron chi connectivity index (χ4n) is 2.67. The first-order valence-corrected chi connectivity index (χ1v) is 7.07. The predicted octanol–water partition coefficient (Wildman–Crippen LogP) is 2.84. The van der Waals surface area contributed by atoms with Crippen LogP contribution >= 0.6 is 0 Å². The number of hydrogen-bond donors (Lipinski definition) is 1. The molecule has 2 heterocycles. The van der Waals surface area contributed by atoms with E-state index < -0.39 is 0 Å². The SMILES string of the molecule is CCCC1CCN(c2nc(NCC)ncc2C)C1. The molecule has 1 saturated heterocycles. The summed E-state index contributed by atoms with van der Waals surface area (Å²) < 4.78 is 0. The van der Waals surface area contributed by atoms with E-state index in [0.717, 1.165) is 37.3 Å². The van der Waals surface area contributed by atoms with Gasteiger partial charge < -0.3 is 10.2 Å². The molecule has 1 aliphatic rings. The van der Waals surface area contributed by atoms with Gasteiger partial charge in [-0.05, 0) is 32.6 Å². The highest BCUT2D eigenvalue weighted by Crippen LogP contribution is 2.27. The number of aryl methyl sites for hydroxylation is 1. The molecule has 0 aliphatic carbocycles. The fourth-order valence-corrected chi connectivity index (χ4v) is 2.67. The van der Waals surface area contributed by atoms with E-state index >= 15 is 0 Å². The van der Waals surface area contributed by atoms with Crippen LogP contribution in [-0.4, -0.2) is 29.6 Å². The predicted molar refractivity (Wildman–Crippen MR) is 76.2 cm³/mol. The Kier molecular flexibility index (Phi) is 4.39. The zero-order valence-corrected chi connectivity index (χ0v) is 11.7. The van der Waals surface area contributed by atoms with Crippen molar-refractivity contribution in [1.82, 2.24) is 9.97 Å². The molecule has 1 aromatic heterocycles. The van der Waals surface area contributed by atoms with Crippen LogP contribution in [0.3, 0.4) is 0 Å². The maximum absolute atomic E-state index is 4.64. The summed E-state index contributed by atoms with van der Waals surface area (Å²) >= 11 is 0. The minimum Gasteiger partial charge on any atom is -0.356 e. The lowest BCUT2D eigenvalue weighted by molar-refractivity contribution is 0.529. The molecule has 0 amide bonds. The Labute approximate surface area is 110 Å². The molecule has 1 atom stereocenters. The quantitative estimate of drug-likeness (QED) is 0.870. The summed E-state index contributed by atoms with van der Waals surface area (Å²) in [6.07, 6.45) is 5.84. The van der Waals surface area contributed by atoms with Crippen molar-refractivity contribution in [2.75, 3.05) is 29.9 Å². The number of nitrogens with zero attached hydrogens (tertiary/aromatic N) is 3. The van der Waals surface area contributed by atoms with Crippen LogP contribution in [-0.2, 0) is 0 Å². The molecule has 2 rings (SSSR count). The lowest BCUT2D eigenvalue weighted by atomic mass is 10.0. The highest BCUT2D eigenvalue weighted by atomic mass is 15.2. The van der Waals surface area contributed by atoms with E-state index in [9.17, 15) is 0 Å². The van der Waals surface area contributed by atoms with Gasteiger partial charge in [-0.25, -0.2) is 4.98 Å². The summed E-state index contributed by atoms with van der Waals surface area (Å²) in [5.74, 6) is 2.70. The van der Waals surface area contributed by atoms with E-state index in [1.54, 1.807) is 0 Å². The Hall–Kier alpha value is -1.32. The summed E-state index contributed by atoms with van der Waals surface area (Å²) in [5, 5.41) is 3.19. The molecule has 18 heavy (non-hydrogen) atoms. The van der Waals surface area contributed by atoms with Gasteiger partial charge in [0, 0.05) is 31.4 Å². The van der Waals surface area contributed by atoms with Gasteiger partial charge in [-0.3, -0.25) is 0 Å². The molecule has 1 aromatic rings. The summed E-state index contributed by atoms with van der Waals surface area (Å²) in [6, 6.07) is 0. The van der Waals surface area contributed by atoms with E-state index in [2.05, 4.69) is 41.0 Å². The van der Waals surface area contributed by atoms with Gasteiger partial charge in [-0.2, -0.15) is 4.98 Å². The maximum atomic E-state index is 4.64. The van der Waals surface area contributed by atoms with Crippen molar-refractivity contribution in [3.05, 3.63) is 11.8 Å².